The molecule has 160 valence electrons. The van der Waals surface area contributed by atoms with Crippen molar-refractivity contribution >= 4 is 28.8 Å². The third kappa shape index (κ3) is 4.23. The Morgan fingerprint density at radius 1 is 1.37 bits per heavy atom. The van der Waals surface area contributed by atoms with E-state index in [2.05, 4.69) is 5.10 Å². The Labute approximate surface area is 180 Å². The van der Waals surface area contributed by atoms with E-state index in [9.17, 15) is 18.0 Å². The molecule has 0 unspecified atom stereocenters. The summed E-state index contributed by atoms with van der Waals surface area (Å²) in [4.78, 5) is 12.4. The van der Waals surface area contributed by atoms with Gasteiger partial charge in [-0.15, -0.1) is 11.3 Å². The fourth-order valence-electron chi connectivity index (χ4n) is 3.58. The summed E-state index contributed by atoms with van der Waals surface area (Å²) >= 11 is 7.54. The standard InChI is InChI=1S/C20H20ClF3N4OS/c1-10-9-27-28(2)16(10)15-14(17(19(26)29)30-18(15)21)12(8-25)6-11-4-3-5-13(7-11)20(22,23)24/h3-5,7,9,12H,6,8,25H2,1-2H3,(H2,26,29)/t12-/m1/s1. The van der Waals surface area contributed by atoms with Crippen molar-refractivity contribution < 1.29 is 18.0 Å². The van der Waals surface area contributed by atoms with Crippen LogP contribution in [0.5, 0.6) is 0 Å². The Morgan fingerprint density at radius 2 is 2.07 bits per heavy atom. The zero-order valence-electron chi connectivity index (χ0n) is 16.3. The normalized spacial score (nSPS) is 12.9. The maximum Gasteiger partial charge on any atom is 0.416 e. The monoisotopic (exact) mass is 456 g/mol. The number of thiophene rings is 1. The van der Waals surface area contributed by atoms with Crippen LogP contribution in [0.4, 0.5) is 13.2 Å². The lowest BCUT2D eigenvalue weighted by Gasteiger charge is -2.19. The molecule has 30 heavy (non-hydrogen) atoms. The van der Waals surface area contributed by atoms with E-state index in [-0.39, 0.29) is 17.8 Å². The number of nitrogens with zero attached hydrogens (tertiary/aromatic N) is 2. The smallest absolute Gasteiger partial charge is 0.365 e. The molecule has 0 spiro atoms. The first kappa shape index (κ1) is 22.3. The van der Waals surface area contributed by atoms with Gasteiger partial charge in [-0.3, -0.25) is 9.48 Å². The van der Waals surface area contributed by atoms with Gasteiger partial charge in [0.05, 0.1) is 22.3 Å². The molecule has 1 atom stereocenters. The van der Waals surface area contributed by atoms with E-state index in [4.69, 9.17) is 23.1 Å². The fourth-order valence-corrected chi connectivity index (χ4v) is 4.97. The SMILES string of the molecule is Cc1cnn(C)c1-c1c(Cl)sc(C(N)=O)c1[C@@H](CN)Cc1cccc(C(F)(F)F)c1. The summed E-state index contributed by atoms with van der Waals surface area (Å²) < 4.78 is 41.3. The molecule has 0 aliphatic heterocycles. The number of carbonyl (C=O) groups is 1. The Bertz CT molecular complexity index is 1070. The Hall–Kier alpha value is -2.36. The molecule has 3 rings (SSSR count). The number of hydrogen-bond donors (Lipinski definition) is 2. The third-order valence-corrected chi connectivity index (χ3v) is 6.34. The van der Waals surface area contributed by atoms with Gasteiger partial charge >= 0.3 is 6.18 Å². The van der Waals surface area contributed by atoms with Gasteiger partial charge in [-0.05, 0) is 42.6 Å². The van der Waals surface area contributed by atoms with Crippen molar-refractivity contribution in [1.29, 1.82) is 0 Å². The van der Waals surface area contributed by atoms with Crippen LogP contribution in [0.25, 0.3) is 11.3 Å². The molecular weight excluding hydrogens is 437 g/mol. The molecule has 5 nitrogen and oxygen atoms in total. The quantitative estimate of drug-likeness (QED) is 0.572. The van der Waals surface area contributed by atoms with E-state index < -0.39 is 23.6 Å². The van der Waals surface area contributed by atoms with E-state index in [1.54, 1.807) is 24.0 Å². The molecule has 2 heterocycles. The molecule has 1 amide bonds. The maximum atomic E-state index is 13.1. The van der Waals surface area contributed by atoms with E-state index >= 15 is 0 Å². The second kappa shape index (κ2) is 8.41. The van der Waals surface area contributed by atoms with E-state index in [1.807, 2.05) is 6.92 Å². The first-order chi connectivity index (χ1) is 14.0. The van der Waals surface area contributed by atoms with Gasteiger partial charge in [0.1, 0.15) is 4.34 Å². The fraction of sp³-hybridized carbons (Fsp3) is 0.300. The molecule has 3 aromatic rings. The average molecular weight is 457 g/mol. The number of rotatable bonds is 6. The topological polar surface area (TPSA) is 86.9 Å². The summed E-state index contributed by atoms with van der Waals surface area (Å²) in [7, 11) is 1.74. The van der Waals surface area contributed by atoms with Crippen LogP contribution in [0.15, 0.2) is 30.5 Å². The van der Waals surface area contributed by atoms with Gasteiger partial charge in [-0.2, -0.15) is 18.3 Å². The lowest BCUT2D eigenvalue weighted by molar-refractivity contribution is -0.137. The highest BCUT2D eigenvalue weighted by Gasteiger charge is 2.32. The first-order valence-electron chi connectivity index (χ1n) is 9.01. The molecule has 0 fully saturated rings. The summed E-state index contributed by atoms with van der Waals surface area (Å²) in [5, 5.41) is 4.23. The molecule has 0 aliphatic rings. The van der Waals surface area contributed by atoms with Gasteiger partial charge in [0.15, 0.2) is 0 Å². The van der Waals surface area contributed by atoms with Crippen molar-refractivity contribution in [2.45, 2.75) is 25.4 Å². The number of alkyl halides is 3. The molecule has 4 N–H and O–H groups in total. The van der Waals surface area contributed by atoms with E-state index in [0.29, 0.717) is 26.7 Å². The first-order valence-corrected chi connectivity index (χ1v) is 10.2. The van der Waals surface area contributed by atoms with Crippen LogP contribution in [-0.4, -0.2) is 22.2 Å². The van der Waals surface area contributed by atoms with Crippen LogP contribution < -0.4 is 11.5 Å². The van der Waals surface area contributed by atoms with Crippen molar-refractivity contribution in [2.75, 3.05) is 6.54 Å². The second-order valence-corrected chi connectivity index (χ2v) is 8.62. The summed E-state index contributed by atoms with van der Waals surface area (Å²) in [6.45, 7) is 1.95. The molecule has 0 saturated heterocycles. The Balaban J connectivity index is 2.14. The van der Waals surface area contributed by atoms with E-state index in [0.717, 1.165) is 29.0 Å². The zero-order chi connectivity index (χ0) is 22.2. The van der Waals surface area contributed by atoms with Crippen LogP contribution in [0, 0.1) is 6.92 Å². The lowest BCUT2D eigenvalue weighted by atomic mass is 9.87. The van der Waals surface area contributed by atoms with Crippen molar-refractivity contribution in [2.24, 2.45) is 18.5 Å². The molecule has 0 aliphatic carbocycles. The summed E-state index contributed by atoms with van der Waals surface area (Å²) in [5.74, 6) is -1.13. The minimum Gasteiger partial charge on any atom is -0.365 e. The number of primary amides is 1. The zero-order valence-corrected chi connectivity index (χ0v) is 17.8. The van der Waals surface area contributed by atoms with Crippen molar-refractivity contribution in [3.63, 3.8) is 0 Å². The number of aryl methyl sites for hydroxylation is 2. The van der Waals surface area contributed by atoms with Gasteiger partial charge in [0.25, 0.3) is 5.91 Å². The highest BCUT2D eigenvalue weighted by molar-refractivity contribution is 7.18. The Kier molecular flexibility index (Phi) is 6.26. The van der Waals surface area contributed by atoms with Gasteiger partial charge in [-0.1, -0.05) is 29.8 Å². The number of benzene rings is 1. The van der Waals surface area contributed by atoms with Crippen LogP contribution in [0.1, 0.15) is 37.8 Å². The summed E-state index contributed by atoms with van der Waals surface area (Å²) in [6.07, 6.45) is -2.59. The molecule has 0 bridgehead atoms. The minimum absolute atomic E-state index is 0.0908. The number of halogens is 4. The maximum absolute atomic E-state index is 13.1. The minimum atomic E-state index is -4.45. The predicted molar refractivity (Wildman–Crippen MR) is 112 cm³/mol. The lowest BCUT2D eigenvalue weighted by Crippen LogP contribution is -2.20. The molecule has 0 saturated carbocycles. The summed E-state index contributed by atoms with van der Waals surface area (Å²) in [5.41, 5.74) is 14.0. The van der Waals surface area contributed by atoms with E-state index in [1.165, 1.54) is 6.07 Å². The second-order valence-electron chi connectivity index (χ2n) is 6.99. The third-order valence-electron chi connectivity index (χ3n) is 4.91. The molecule has 10 heteroatoms. The number of amides is 1. The molecule has 0 radical (unpaired) electrons. The van der Waals surface area contributed by atoms with Crippen LogP contribution in [0.2, 0.25) is 4.34 Å². The number of hydrogen-bond acceptors (Lipinski definition) is 4. The van der Waals surface area contributed by atoms with Crippen molar-refractivity contribution in [1.82, 2.24) is 9.78 Å². The highest BCUT2D eigenvalue weighted by atomic mass is 35.5. The molecule has 1 aromatic carbocycles. The molecular formula is C20H20ClF3N4OS. The number of carbonyl (C=O) groups excluding carboxylic acids is 1. The van der Waals surface area contributed by atoms with Crippen molar-refractivity contribution in [3.8, 4) is 11.3 Å². The van der Waals surface area contributed by atoms with Crippen LogP contribution >= 0.6 is 22.9 Å². The van der Waals surface area contributed by atoms with Crippen LogP contribution in [-0.2, 0) is 19.6 Å². The number of aromatic nitrogens is 2. The van der Waals surface area contributed by atoms with Crippen molar-refractivity contribution in [3.05, 3.63) is 61.9 Å². The van der Waals surface area contributed by atoms with Gasteiger partial charge in [0, 0.05) is 18.5 Å². The largest absolute Gasteiger partial charge is 0.416 e. The summed E-state index contributed by atoms with van der Waals surface area (Å²) in [6, 6.07) is 5.07. The highest BCUT2D eigenvalue weighted by Crippen LogP contribution is 2.45. The van der Waals surface area contributed by atoms with Gasteiger partial charge in [0.2, 0.25) is 0 Å². The molecule has 2 aromatic heterocycles. The Morgan fingerprint density at radius 3 is 2.60 bits per heavy atom. The van der Waals surface area contributed by atoms with Gasteiger partial charge < -0.3 is 11.5 Å². The van der Waals surface area contributed by atoms with Gasteiger partial charge in [-0.25, -0.2) is 0 Å². The average Bonchev–Trinajstić information content (AvgIpc) is 3.18. The van der Waals surface area contributed by atoms with Crippen LogP contribution in [0.3, 0.4) is 0 Å². The number of nitrogens with two attached hydrogens (primary N) is 2. The predicted octanol–water partition coefficient (Wildman–Crippen LogP) is 4.51.